The molecule has 3 aromatic carbocycles. The highest BCUT2D eigenvalue weighted by molar-refractivity contribution is 6.10. The molecule has 0 spiro atoms. The molecule has 0 fully saturated rings. The third-order valence-corrected chi connectivity index (χ3v) is 3.82. The van der Waals surface area contributed by atoms with Crippen molar-refractivity contribution in [2.45, 2.75) is 0 Å². The van der Waals surface area contributed by atoms with E-state index in [-0.39, 0.29) is 5.78 Å². The summed E-state index contributed by atoms with van der Waals surface area (Å²) in [5.41, 5.74) is 3.56. The lowest BCUT2D eigenvalue weighted by Gasteiger charge is -2.09. The van der Waals surface area contributed by atoms with Crippen LogP contribution in [0.3, 0.4) is 0 Å². The lowest BCUT2D eigenvalue weighted by molar-refractivity contribution is 0.104. The third kappa shape index (κ3) is 3.61. The summed E-state index contributed by atoms with van der Waals surface area (Å²) in [5, 5.41) is 0. The van der Waals surface area contributed by atoms with E-state index in [0.29, 0.717) is 5.56 Å². The standard InChI is InChI=1S/C22H18O2/c1-24-20-14-12-18(13-15-20)21(17-8-4-2-5-9-17)16-22(23)19-10-6-3-7-11-19/h2-16H,1H3. The molecule has 0 N–H and O–H groups in total. The van der Waals surface area contributed by atoms with E-state index in [2.05, 4.69) is 0 Å². The third-order valence-electron chi connectivity index (χ3n) is 3.82. The first kappa shape index (κ1) is 15.8. The van der Waals surface area contributed by atoms with Crippen molar-refractivity contribution in [2.24, 2.45) is 0 Å². The lowest BCUT2D eigenvalue weighted by Crippen LogP contribution is -1.97. The van der Waals surface area contributed by atoms with Crippen molar-refractivity contribution in [1.82, 2.24) is 0 Å². The van der Waals surface area contributed by atoms with Crippen molar-refractivity contribution in [3.8, 4) is 5.75 Å². The Hall–Kier alpha value is -3.13. The zero-order chi connectivity index (χ0) is 16.8. The van der Waals surface area contributed by atoms with E-state index >= 15 is 0 Å². The monoisotopic (exact) mass is 314 g/mol. The molecule has 3 rings (SSSR count). The molecule has 2 heteroatoms. The fourth-order valence-electron chi connectivity index (χ4n) is 2.54. The number of hydrogen-bond donors (Lipinski definition) is 0. The molecule has 0 aromatic heterocycles. The minimum atomic E-state index is -0.00901. The summed E-state index contributed by atoms with van der Waals surface area (Å²) in [6.07, 6.45) is 1.70. The summed E-state index contributed by atoms with van der Waals surface area (Å²) < 4.78 is 5.22. The van der Waals surface area contributed by atoms with E-state index in [1.54, 1.807) is 13.2 Å². The first-order chi connectivity index (χ1) is 11.8. The van der Waals surface area contributed by atoms with Crippen LogP contribution in [0, 0.1) is 0 Å². The molecule has 24 heavy (non-hydrogen) atoms. The molecule has 0 bridgehead atoms. The van der Waals surface area contributed by atoms with Crippen LogP contribution in [0.15, 0.2) is 91.0 Å². The van der Waals surface area contributed by atoms with Gasteiger partial charge in [-0.05, 0) is 34.9 Å². The number of rotatable bonds is 5. The highest BCUT2D eigenvalue weighted by Gasteiger charge is 2.09. The topological polar surface area (TPSA) is 26.3 Å². The van der Waals surface area contributed by atoms with E-state index in [9.17, 15) is 4.79 Å². The molecule has 0 heterocycles. The average Bonchev–Trinajstić information content (AvgIpc) is 2.67. The van der Waals surface area contributed by atoms with Crippen LogP contribution in [0.5, 0.6) is 5.75 Å². The van der Waals surface area contributed by atoms with Gasteiger partial charge in [-0.3, -0.25) is 4.79 Å². The molecule has 0 amide bonds. The fraction of sp³-hybridized carbons (Fsp3) is 0.0455. The molecule has 0 saturated heterocycles. The highest BCUT2D eigenvalue weighted by atomic mass is 16.5. The number of carbonyl (C=O) groups is 1. The molecule has 0 saturated carbocycles. The Morgan fingerprint density at radius 1 is 0.708 bits per heavy atom. The summed E-state index contributed by atoms with van der Waals surface area (Å²) in [5.74, 6) is 0.783. The molecule has 0 atom stereocenters. The van der Waals surface area contributed by atoms with Gasteiger partial charge in [-0.2, -0.15) is 0 Å². The molecule has 0 radical (unpaired) electrons. The van der Waals surface area contributed by atoms with Gasteiger partial charge in [-0.25, -0.2) is 0 Å². The Bertz CT molecular complexity index is 832. The molecule has 0 aliphatic carbocycles. The number of methoxy groups -OCH3 is 1. The molecular weight excluding hydrogens is 296 g/mol. The van der Waals surface area contributed by atoms with Gasteiger partial charge in [0.1, 0.15) is 5.75 Å². The SMILES string of the molecule is COc1ccc(C(=CC(=O)c2ccccc2)c2ccccc2)cc1. The smallest absolute Gasteiger partial charge is 0.186 e. The summed E-state index contributed by atoms with van der Waals surface area (Å²) in [4.78, 5) is 12.6. The van der Waals surface area contributed by atoms with Crippen LogP contribution in [0.25, 0.3) is 5.57 Å². The van der Waals surface area contributed by atoms with Crippen molar-refractivity contribution < 1.29 is 9.53 Å². The van der Waals surface area contributed by atoms with Crippen LogP contribution in [0.4, 0.5) is 0 Å². The molecule has 118 valence electrons. The number of ketones is 1. The average molecular weight is 314 g/mol. The van der Waals surface area contributed by atoms with Gasteiger partial charge in [0.25, 0.3) is 0 Å². The van der Waals surface area contributed by atoms with Gasteiger partial charge in [0.2, 0.25) is 0 Å². The van der Waals surface area contributed by atoms with Crippen molar-refractivity contribution >= 4 is 11.4 Å². The molecule has 0 unspecified atom stereocenters. The lowest BCUT2D eigenvalue weighted by atomic mass is 9.95. The van der Waals surface area contributed by atoms with E-state index in [1.165, 1.54) is 0 Å². The number of hydrogen-bond acceptors (Lipinski definition) is 2. The summed E-state index contributed by atoms with van der Waals surface area (Å²) >= 11 is 0. The quantitative estimate of drug-likeness (QED) is 0.489. The number of benzene rings is 3. The van der Waals surface area contributed by atoms with Crippen LogP contribution in [0.2, 0.25) is 0 Å². The predicted octanol–water partition coefficient (Wildman–Crippen LogP) is 5.01. The second-order valence-corrected chi connectivity index (χ2v) is 5.38. The Balaban J connectivity index is 2.05. The summed E-state index contributed by atoms with van der Waals surface area (Å²) in [6.45, 7) is 0. The zero-order valence-electron chi connectivity index (χ0n) is 13.5. The highest BCUT2D eigenvalue weighted by Crippen LogP contribution is 2.26. The number of carbonyl (C=O) groups excluding carboxylic acids is 1. The van der Waals surface area contributed by atoms with Crippen LogP contribution in [-0.2, 0) is 0 Å². The fourth-order valence-corrected chi connectivity index (χ4v) is 2.54. The van der Waals surface area contributed by atoms with E-state index in [4.69, 9.17) is 4.74 Å². The van der Waals surface area contributed by atoms with E-state index in [1.807, 2.05) is 84.9 Å². The number of allylic oxidation sites excluding steroid dienone is 1. The summed E-state index contributed by atoms with van der Waals surface area (Å²) in [6, 6.07) is 27.0. The second-order valence-electron chi connectivity index (χ2n) is 5.38. The Morgan fingerprint density at radius 2 is 1.21 bits per heavy atom. The first-order valence-corrected chi connectivity index (χ1v) is 7.79. The maximum atomic E-state index is 12.6. The zero-order valence-corrected chi connectivity index (χ0v) is 13.5. The van der Waals surface area contributed by atoms with Crippen LogP contribution >= 0.6 is 0 Å². The van der Waals surface area contributed by atoms with Gasteiger partial charge in [-0.15, -0.1) is 0 Å². The van der Waals surface area contributed by atoms with Crippen molar-refractivity contribution in [3.05, 3.63) is 108 Å². The maximum absolute atomic E-state index is 12.6. The molecule has 0 aliphatic rings. The molecule has 2 nitrogen and oxygen atoms in total. The first-order valence-electron chi connectivity index (χ1n) is 7.79. The van der Waals surface area contributed by atoms with Crippen LogP contribution < -0.4 is 4.74 Å². The van der Waals surface area contributed by atoms with Crippen LogP contribution in [-0.4, -0.2) is 12.9 Å². The minimum absolute atomic E-state index is 0.00901. The van der Waals surface area contributed by atoms with Gasteiger partial charge in [0.15, 0.2) is 5.78 Å². The second kappa shape index (κ2) is 7.42. The maximum Gasteiger partial charge on any atom is 0.186 e. The van der Waals surface area contributed by atoms with Gasteiger partial charge in [-0.1, -0.05) is 72.8 Å². The van der Waals surface area contributed by atoms with Gasteiger partial charge >= 0.3 is 0 Å². The molecular formula is C22H18O2. The van der Waals surface area contributed by atoms with Crippen molar-refractivity contribution in [3.63, 3.8) is 0 Å². The predicted molar refractivity (Wildman–Crippen MR) is 97.3 cm³/mol. The van der Waals surface area contributed by atoms with E-state index < -0.39 is 0 Å². The summed E-state index contributed by atoms with van der Waals surface area (Å²) in [7, 11) is 1.64. The Morgan fingerprint density at radius 3 is 1.75 bits per heavy atom. The van der Waals surface area contributed by atoms with Crippen LogP contribution in [0.1, 0.15) is 21.5 Å². The van der Waals surface area contributed by atoms with Gasteiger partial charge in [0.05, 0.1) is 7.11 Å². The van der Waals surface area contributed by atoms with Gasteiger partial charge < -0.3 is 4.74 Å². The van der Waals surface area contributed by atoms with Crippen molar-refractivity contribution in [1.29, 1.82) is 0 Å². The molecule has 0 aliphatic heterocycles. The van der Waals surface area contributed by atoms with Gasteiger partial charge in [0, 0.05) is 5.56 Å². The minimum Gasteiger partial charge on any atom is -0.497 e. The molecule has 3 aromatic rings. The normalized spacial score (nSPS) is 11.1. The Kier molecular flexibility index (Phi) is 4.87. The Labute approximate surface area is 142 Å². The largest absolute Gasteiger partial charge is 0.497 e. The van der Waals surface area contributed by atoms with Crippen molar-refractivity contribution in [2.75, 3.05) is 7.11 Å². The van der Waals surface area contributed by atoms with E-state index in [0.717, 1.165) is 22.4 Å². The number of ether oxygens (including phenoxy) is 1.